The van der Waals surface area contributed by atoms with Crippen LogP contribution in [0.3, 0.4) is 0 Å². The van der Waals surface area contributed by atoms with Crippen molar-refractivity contribution in [1.82, 2.24) is 11.0 Å². The third kappa shape index (κ3) is 21.7. The standard InChI is InChI=1S/C16H36N2O6/c1-17-15-13-11-9-7-5-3-2-4-6-8-10-12-14-16-20-22-24-23-21-18-19/h17-19H,2-16H2,1H3. The van der Waals surface area contributed by atoms with Crippen molar-refractivity contribution >= 4 is 0 Å². The highest BCUT2D eigenvalue weighted by atomic mass is 17.8. The van der Waals surface area contributed by atoms with Crippen LogP contribution in [0.5, 0.6) is 0 Å². The van der Waals surface area contributed by atoms with E-state index in [0.717, 1.165) is 19.4 Å². The average molecular weight is 352 g/mol. The molecule has 0 saturated heterocycles. The highest BCUT2D eigenvalue weighted by Gasteiger charge is 1.95. The summed E-state index contributed by atoms with van der Waals surface area (Å²) in [6.45, 7) is 1.57. The zero-order valence-corrected chi connectivity index (χ0v) is 15.1. The molecule has 24 heavy (non-hydrogen) atoms. The molecule has 0 rings (SSSR count). The number of hydrogen-bond acceptors (Lipinski definition) is 8. The lowest BCUT2D eigenvalue weighted by Crippen LogP contribution is -2.10. The molecule has 0 aliphatic heterocycles. The summed E-state index contributed by atoms with van der Waals surface area (Å²) in [5.41, 5.74) is 1.24. The van der Waals surface area contributed by atoms with Gasteiger partial charge in [-0.25, -0.2) is 4.89 Å². The lowest BCUT2D eigenvalue weighted by Gasteiger charge is -2.03. The summed E-state index contributed by atoms with van der Waals surface area (Å²) < 4.78 is 0. The molecular formula is C16H36N2O6. The van der Waals surface area contributed by atoms with Crippen molar-refractivity contribution in [2.45, 2.75) is 83.5 Å². The first-order chi connectivity index (χ1) is 11.9. The predicted octanol–water partition coefficient (Wildman–Crippen LogP) is 3.91. The third-order valence-corrected chi connectivity index (χ3v) is 3.83. The summed E-state index contributed by atoms with van der Waals surface area (Å²) in [6, 6.07) is 0. The van der Waals surface area contributed by atoms with E-state index in [1.807, 2.05) is 7.05 Å². The molecular weight excluding hydrogens is 316 g/mol. The molecule has 146 valence electrons. The Labute approximate surface area is 145 Å². The van der Waals surface area contributed by atoms with Gasteiger partial charge in [-0.15, -0.1) is 0 Å². The minimum Gasteiger partial charge on any atom is -0.320 e. The summed E-state index contributed by atoms with van der Waals surface area (Å²) in [7, 11) is 2.02. The zero-order valence-electron chi connectivity index (χ0n) is 15.1. The van der Waals surface area contributed by atoms with Gasteiger partial charge >= 0.3 is 0 Å². The van der Waals surface area contributed by atoms with Gasteiger partial charge in [0.1, 0.15) is 0 Å². The molecule has 0 radical (unpaired) electrons. The first kappa shape index (κ1) is 23.7. The van der Waals surface area contributed by atoms with Gasteiger partial charge in [0.05, 0.1) is 6.61 Å². The second-order valence-corrected chi connectivity index (χ2v) is 5.90. The van der Waals surface area contributed by atoms with Crippen molar-refractivity contribution in [2.75, 3.05) is 20.2 Å². The number of hydrogen-bond donors (Lipinski definition) is 3. The second-order valence-electron chi connectivity index (χ2n) is 5.90. The fourth-order valence-electron chi connectivity index (χ4n) is 2.50. The molecule has 0 unspecified atom stereocenters. The fraction of sp³-hybridized carbons (Fsp3) is 1.00. The van der Waals surface area contributed by atoms with Crippen LogP contribution in [-0.2, 0) is 25.0 Å². The van der Waals surface area contributed by atoms with Gasteiger partial charge in [-0.05, 0) is 47.2 Å². The van der Waals surface area contributed by atoms with E-state index in [1.54, 1.807) is 0 Å². The Kier molecular flexibility index (Phi) is 22.4. The second kappa shape index (κ2) is 22.7. The zero-order chi connectivity index (χ0) is 17.6. The van der Waals surface area contributed by atoms with Crippen LogP contribution in [0, 0.1) is 0 Å². The fourth-order valence-corrected chi connectivity index (χ4v) is 2.50. The van der Waals surface area contributed by atoms with E-state index in [2.05, 4.69) is 30.3 Å². The number of rotatable bonds is 21. The Hall–Kier alpha value is -0.320. The largest absolute Gasteiger partial charge is 0.320 e. The molecule has 0 aliphatic rings. The summed E-state index contributed by atoms with van der Waals surface area (Å²) >= 11 is 0. The molecule has 0 bridgehead atoms. The minimum atomic E-state index is 0.421. The van der Waals surface area contributed by atoms with Gasteiger partial charge in [0.2, 0.25) is 0 Å². The summed E-state index contributed by atoms with van der Waals surface area (Å²) in [4.78, 5) is 8.40. The topological polar surface area (TPSA) is 90.4 Å². The van der Waals surface area contributed by atoms with Gasteiger partial charge in [0.25, 0.3) is 0 Å². The summed E-state index contributed by atoms with van der Waals surface area (Å²) in [5, 5.41) is 23.0. The summed E-state index contributed by atoms with van der Waals surface area (Å²) in [5.74, 6) is 0. The molecule has 0 fully saturated rings. The first-order valence-corrected chi connectivity index (χ1v) is 9.24. The van der Waals surface area contributed by atoms with Gasteiger partial charge in [0.15, 0.2) is 0 Å². The van der Waals surface area contributed by atoms with Crippen molar-refractivity contribution in [3.05, 3.63) is 0 Å². The van der Waals surface area contributed by atoms with E-state index in [1.165, 1.54) is 76.3 Å². The van der Waals surface area contributed by atoms with Crippen molar-refractivity contribution < 1.29 is 30.2 Å². The van der Waals surface area contributed by atoms with Crippen LogP contribution in [0.15, 0.2) is 0 Å². The SMILES string of the molecule is CNCCCCCCCCCCCCCCCOOOOONO. The van der Waals surface area contributed by atoms with Crippen LogP contribution in [-0.4, -0.2) is 25.4 Å². The highest BCUT2D eigenvalue weighted by molar-refractivity contribution is 4.49. The maximum absolute atomic E-state index is 7.94. The van der Waals surface area contributed by atoms with Crippen LogP contribution in [0.25, 0.3) is 0 Å². The van der Waals surface area contributed by atoms with Gasteiger partial charge in [0, 0.05) is 0 Å². The van der Waals surface area contributed by atoms with Crippen molar-refractivity contribution in [3.63, 3.8) is 0 Å². The maximum atomic E-state index is 7.94. The Morgan fingerprint density at radius 2 is 1.12 bits per heavy atom. The molecule has 0 saturated carbocycles. The van der Waals surface area contributed by atoms with Crippen LogP contribution in [0.1, 0.15) is 83.5 Å². The minimum absolute atomic E-state index is 0.421. The predicted molar refractivity (Wildman–Crippen MR) is 89.2 cm³/mol. The van der Waals surface area contributed by atoms with E-state index >= 15 is 0 Å². The molecule has 8 nitrogen and oxygen atoms in total. The molecule has 0 atom stereocenters. The van der Waals surface area contributed by atoms with E-state index in [9.17, 15) is 0 Å². The molecule has 0 spiro atoms. The molecule has 0 aromatic heterocycles. The van der Waals surface area contributed by atoms with Gasteiger partial charge in [-0.1, -0.05) is 75.6 Å². The molecule has 0 amide bonds. The summed E-state index contributed by atoms with van der Waals surface area (Å²) in [6.07, 6.45) is 16.8. The average Bonchev–Trinajstić information content (AvgIpc) is 2.60. The van der Waals surface area contributed by atoms with Crippen molar-refractivity contribution in [3.8, 4) is 0 Å². The Morgan fingerprint density at radius 3 is 1.62 bits per heavy atom. The number of unbranched alkanes of at least 4 members (excludes halogenated alkanes) is 12. The Balaban J connectivity index is 2.93. The molecule has 0 heterocycles. The van der Waals surface area contributed by atoms with E-state index in [-0.39, 0.29) is 0 Å². The van der Waals surface area contributed by atoms with Crippen LogP contribution >= 0.6 is 0 Å². The lowest BCUT2D eigenvalue weighted by atomic mass is 10.0. The Bertz CT molecular complexity index is 203. The highest BCUT2D eigenvalue weighted by Crippen LogP contribution is 2.12. The third-order valence-electron chi connectivity index (χ3n) is 3.83. The molecule has 0 aliphatic carbocycles. The first-order valence-electron chi connectivity index (χ1n) is 9.24. The number of nitrogens with one attached hydrogen (secondary N) is 2. The molecule has 0 aromatic carbocycles. The van der Waals surface area contributed by atoms with Crippen LogP contribution in [0.2, 0.25) is 0 Å². The van der Waals surface area contributed by atoms with Gasteiger partial charge in [-0.3, -0.25) is 5.21 Å². The smallest absolute Gasteiger partial charge is 0.0855 e. The van der Waals surface area contributed by atoms with Gasteiger partial charge < -0.3 is 5.32 Å². The van der Waals surface area contributed by atoms with Crippen molar-refractivity contribution in [1.29, 1.82) is 0 Å². The molecule has 8 heteroatoms. The molecule has 3 N–H and O–H groups in total. The Morgan fingerprint density at radius 1 is 0.625 bits per heavy atom. The molecule has 0 aromatic rings. The quantitative estimate of drug-likeness (QED) is 0.163. The normalized spacial score (nSPS) is 11.2. The van der Waals surface area contributed by atoms with Gasteiger partial charge in [-0.2, -0.15) is 0 Å². The van der Waals surface area contributed by atoms with Crippen LogP contribution in [0.4, 0.5) is 0 Å². The van der Waals surface area contributed by atoms with Crippen molar-refractivity contribution in [2.24, 2.45) is 0 Å². The van der Waals surface area contributed by atoms with E-state index < -0.39 is 0 Å². The van der Waals surface area contributed by atoms with E-state index in [0.29, 0.717) is 6.61 Å². The monoisotopic (exact) mass is 352 g/mol. The maximum Gasteiger partial charge on any atom is 0.0855 e. The van der Waals surface area contributed by atoms with E-state index in [4.69, 9.17) is 5.21 Å². The van der Waals surface area contributed by atoms with Crippen LogP contribution < -0.4 is 11.0 Å². The lowest BCUT2D eigenvalue weighted by molar-refractivity contribution is -0.723.